The highest BCUT2D eigenvalue weighted by molar-refractivity contribution is 5.84. The maximum atomic E-state index is 9.52. The van der Waals surface area contributed by atoms with E-state index in [0.717, 1.165) is 22.3 Å². The van der Waals surface area contributed by atoms with Crippen molar-refractivity contribution in [2.45, 2.75) is 6.61 Å². The number of aromatic nitrogens is 1. The summed E-state index contributed by atoms with van der Waals surface area (Å²) < 4.78 is 0. The van der Waals surface area contributed by atoms with Crippen LogP contribution in [0.4, 0.5) is 5.82 Å². The van der Waals surface area contributed by atoms with Crippen molar-refractivity contribution in [3.63, 3.8) is 0 Å². The number of aliphatic hydroxyl groups excluding tert-OH is 1. The first-order valence-electron chi connectivity index (χ1n) is 6.26. The third-order valence-corrected chi connectivity index (χ3v) is 2.98. The van der Waals surface area contributed by atoms with Crippen LogP contribution in [0, 0.1) is 0 Å². The van der Waals surface area contributed by atoms with Crippen LogP contribution in [-0.2, 0) is 6.61 Å². The van der Waals surface area contributed by atoms with Crippen LogP contribution in [0.15, 0.2) is 55.6 Å². The van der Waals surface area contributed by atoms with Crippen molar-refractivity contribution in [2.24, 2.45) is 0 Å². The predicted molar refractivity (Wildman–Crippen MR) is 80.3 cm³/mol. The van der Waals surface area contributed by atoms with Gasteiger partial charge in [0.25, 0.3) is 0 Å². The largest absolute Gasteiger partial charge is 0.392 e. The quantitative estimate of drug-likeness (QED) is 0.805. The third-order valence-electron chi connectivity index (χ3n) is 2.98. The number of hydrogen-bond donors (Lipinski definition) is 1. The maximum Gasteiger partial charge on any atom is 0.130 e. The standard InChI is InChI=1S/C16H18N2O/c1-3-9-18(10-4-2)16-11-13(12-19)14-7-5-6-8-15(14)17-16/h3-8,11,19H,1-2,9-10,12H2. The van der Waals surface area contributed by atoms with Gasteiger partial charge in [0, 0.05) is 18.5 Å². The molecule has 1 heterocycles. The van der Waals surface area contributed by atoms with E-state index in [9.17, 15) is 5.11 Å². The van der Waals surface area contributed by atoms with Gasteiger partial charge in [0.2, 0.25) is 0 Å². The summed E-state index contributed by atoms with van der Waals surface area (Å²) in [6, 6.07) is 9.76. The lowest BCUT2D eigenvalue weighted by atomic mass is 10.1. The van der Waals surface area contributed by atoms with E-state index in [1.54, 1.807) is 0 Å². The normalized spacial score (nSPS) is 10.4. The Morgan fingerprint density at radius 2 is 1.84 bits per heavy atom. The Bertz CT molecular complexity index is 582. The molecule has 0 saturated heterocycles. The molecule has 1 aromatic carbocycles. The van der Waals surface area contributed by atoms with Crippen LogP contribution in [0.3, 0.4) is 0 Å². The van der Waals surface area contributed by atoms with Gasteiger partial charge in [-0.15, -0.1) is 13.2 Å². The number of para-hydroxylation sites is 1. The number of anilines is 1. The van der Waals surface area contributed by atoms with Crippen molar-refractivity contribution < 1.29 is 5.11 Å². The Kier molecular flexibility index (Phi) is 4.31. The van der Waals surface area contributed by atoms with Crippen LogP contribution < -0.4 is 4.90 Å². The predicted octanol–water partition coefficient (Wildman–Crippen LogP) is 2.91. The van der Waals surface area contributed by atoms with Crippen molar-refractivity contribution >= 4 is 16.7 Å². The highest BCUT2D eigenvalue weighted by Gasteiger charge is 2.09. The minimum Gasteiger partial charge on any atom is -0.392 e. The summed E-state index contributed by atoms with van der Waals surface area (Å²) in [5.74, 6) is 0.836. The molecule has 19 heavy (non-hydrogen) atoms. The maximum absolute atomic E-state index is 9.52. The lowest BCUT2D eigenvalue weighted by Crippen LogP contribution is -2.24. The van der Waals surface area contributed by atoms with E-state index in [1.807, 2.05) is 42.5 Å². The minimum absolute atomic E-state index is 0.00600. The molecule has 98 valence electrons. The molecule has 0 unspecified atom stereocenters. The fraction of sp³-hybridized carbons (Fsp3) is 0.188. The molecule has 0 saturated carbocycles. The summed E-state index contributed by atoms with van der Waals surface area (Å²) in [6.07, 6.45) is 3.66. The van der Waals surface area contributed by atoms with E-state index in [2.05, 4.69) is 23.0 Å². The second-order valence-electron chi connectivity index (χ2n) is 4.30. The first-order valence-corrected chi connectivity index (χ1v) is 6.26. The van der Waals surface area contributed by atoms with Gasteiger partial charge < -0.3 is 10.0 Å². The van der Waals surface area contributed by atoms with Gasteiger partial charge >= 0.3 is 0 Å². The number of nitrogens with zero attached hydrogens (tertiary/aromatic N) is 2. The van der Waals surface area contributed by atoms with Crippen LogP contribution >= 0.6 is 0 Å². The lowest BCUT2D eigenvalue weighted by molar-refractivity contribution is 0.283. The van der Waals surface area contributed by atoms with Crippen LogP contribution in [0.1, 0.15) is 5.56 Å². The van der Waals surface area contributed by atoms with Gasteiger partial charge in [0.1, 0.15) is 5.82 Å². The number of pyridine rings is 1. The fourth-order valence-electron chi connectivity index (χ4n) is 2.10. The second-order valence-corrected chi connectivity index (χ2v) is 4.30. The molecule has 0 aliphatic carbocycles. The van der Waals surface area contributed by atoms with E-state index < -0.39 is 0 Å². The SMILES string of the molecule is C=CCN(CC=C)c1cc(CO)c2ccccc2n1. The van der Waals surface area contributed by atoms with Crippen molar-refractivity contribution in [1.29, 1.82) is 0 Å². The minimum atomic E-state index is 0.00600. The Labute approximate surface area is 113 Å². The molecule has 0 atom stereocenters. The van der Waals surface area contributed by atoms with Crippen molar-refractivity contribution in [2.75, 3.05) is 18.0 Å². The summed E-state index contributed by atoms with van der Waals surface area (Å²) >= 11 is 0. The molecule has 3 nitrogen and oxygen atoms in total. The van der Waals surface area contributed by atoms with Crippen molar-refractivity contribution in [1.82, 2.24) is 4.98 Å². The molecule has 0 radical (unpaired) electrons. The first kappa shape index (κ1) is 13.3. The molecule has 0 aliphatic heterocycles. The van der Waals surface area contributed by atoms with Crippen molar-refractivity contribution in [3.8, 4) is 0 Å². The van der Waals surface area contributed by atoms with Crippen LogP contribution in [0.25, 0.3) is 10.9 Å². The average Bonchev–Trinajstić information content (AvgIpc) is 2.46. The van der Waals surface area contributed by atoms with E-state index in [1.165, 1.54) is 0 Å². The molecule has 1 aromatic heterocycles. The number of fused-ring (bicyclic) bond motifs is 1. The second kappa shape index (κ2) is 6.16. The molecule has 2 aromatic rings. The Balaban J connectivity index is 2.53. The number of hydrogen-bond acceptors (Lipinski definition) is 3. The van der Waals surface area contributed by atoms with Gasteiger partial charge in [-0.1, -0.05) is 30.4 Å². The average molecular weight is 254 g/mol. The van der Waals surface area contributed by atoms with E-state index >= 15 is 0 Å². The molecule has 1 N–H and O–H groups in total. The van der Waals surface area contributed by atoms with E-state index in [-0.39, 0.29) is 6.61 Å². The third kappa shape index (κ3) is 2.83. The van der Waals surface area contributed by atoms with Crippen LogP contribution in [0.2, 0.25) is 0 Å². The lowest BCUT2D eigenvalue weighted by Gasteiger charge is -2.21. The topological polar surface area (TPSA) is 36.4 Å². The Morgan fingerprint density at radius 1 is 1.16 bits per heavy atom. The van der Waals surface area contributed by atoms with Gasteiger partial charge in [0.05, 0.1) is 12.1 Å². The van der Waals surface area contributed by atoms with Crippen molar-refractivity contribution in [3.05, 3.63) is 61.2 Å². The summed E-state index contributed by atoms with van der Waals surface area (Å²) in [6.45, 7) is 8.92. The highest BCUT2D eigenvalue weighted by Crippen LogP contribution is 2.23. The molecule has 0 fully saturated rings. The van der Waals surface area contributed by atoms with Gasteiger partial charge in [-0.05, 0) is 17.7 Å². The zero-order valence-corrected chi connectivity index (χ0v) is 10.9. The monoisotopic (exact) mass is 254 g/mol. The molecular weight excluding hydrogens is 236 g/mol. The zero-order chi connectivity index (χ0) is 13.7. The molecule has 0 bridgehead atoms. The molecule has 2 rings (SSSR count). The van der Waals surface area contributed by atoms with E-state index in [4.69, 9.17) is 0 Å². The molecular formula is C16H18N2O. The molecule has 0 spiro atoms. The van der Waals surface area contributed by atoms with Gasteiger partial charge in [0.15, 0.2) is 0 Å². The van der Waals surface area contributed by atoms with Gasteiger partial charge in [-0.3, -0.25) is 0 Å². The zero-order valence-electron chi connectivity index (χ0n) is 10.9. The fourth-order valence-corrected chi connectivity index (χ4v) is 2.10. The van der Waals surface area contributed by atoms with E-state index in [0.29, 0.717) is 13.1 Å². The molecule has 0 aliphatic rings. The van der Waals surface area contributed by atoms with Crippen LogP contribution in [-0.4, -0.2) is 23.2 Å². The van der Waals surface area contributed by atoms with Gasteiger partial charge in [-0.25, -0.2) is 4.98 Å². The molecule has 3 heteroatoms. The van der Waals surface area contributed by atoms with Crippen LogP contribution in [0.5, 0.6) is 0 Å². The Hall–Kier alpha value is -2.13. The summed E-state index contributed by atoms with van der Waals surface area (Å²) in [7, 11) is 0. The smallest absolute Gasteiger partial charge is 0.130 e. The Morgan fingerprint density at radius 3 is 2.47 bits per heavy atom. The number of rotatable bonds is 6. The first-order chi connectivity index (χ1) is 9.30. The summed E-state index contributed by atoms with van der Waals surface area (Å²) in [5, 5.41) is 10.5. The van der Waals surface area contributed by atoms with Gasteiger partial charge in [-0.2, -0.15) is 0 Å². The highest BCUT2D eigenvalue weighted by atomic mass is 16.3. The summed E-state index contributed by atoms with van der Waals surface area (Å²) in [5.41, 5.74) is 1.78. The number of benzene rings is 1. The molecule has 0 amide bonds. The number of aliphatic hydroxyl groups is 1. The summed E-state index contributed by atoms with van der Waals surface area (Å²) in [4.78, 5) is 6.70.